The quantitative estimate of drug-likeness (QED) is 0.901. The van der Waals surface area contributed by atoms with Crippen LogP contribution in [0, 0.1) is 0 Å². The summed E-state index contributed by atoms with van der Waals surface area (Å²) >= 11 is 0. The van der Waals surface area contributed by atoms with E-state index in [1.54, 1.807) is 13.4 Å². The van der Waals surface area contributed by atoms with Crippen LogP contribution in [0.4, 0.5) is 0 Å². The minimum Gasteiger partial charge on any atom is -0.480 e. The highest BCUT2D eigenvalue weighted by molar-refractivity contribution is 5.72. The first kappa shape index (κ1) is 12.8. The fraction of sp³-hybridized carbons (Fsp3) is 0.533. The fourth-order valence-corrected chi connectivity index (χ4v) is 3.11. The monoisotopic (exact) mass is 285 g/mol. The zero-order valence-corrected chi connectivity index (χ0v) is 12.3. The lowest BCUT2D eigenvalue weighted by atomic mass is 9.95. The molecular weight excluding hydrogens is 266 g/mol. The molecule has 6 heteroatoms. The maximum atomic E-state index is 5.48. The van der Waals surface area contributed by atoms with Gasteiger partial charge in [-0.05, 0) is 12.8 Å². The van der Waals surface area contributed by atoms with E-state index in [1.807, 2.05) is 0 Å². The summed E-state index contributed by atoms with van der Waals surface area (Å²) in [7, 11) is 1.66. The van der Waals surface area contributed by atoms with Crippen LogP contribution in [0.15, 0.2) is 6.33 Å². The Hall–Kier alpha value is -1.95. The summed E-state index contributed by atoms with van der Waals surface area (Å²) in [5.74, 6) is 1.59. The van der Waals surface area contributed by atoms with E-state index in [9.17, 15) is 0 Å². The molecular formula is C15H19N5O. The largest absolute Gasteiger partial charge is 0.480 e. The Balaban J connectivity index is 1.90. The molecule has 1 atom stereocenters. The van der Waals surface area contributed by atoms with Crippen molar-refractivity contribution in [2.24, 2.45) is 0 Å². The third-order valence-corrected chi connectivity index (χ3v) is 4.38. The van der Waals surface area contributed by atoms with E-state index >= 15 is 0 Å². The van der Waals surface area contributed by atoms with Crippen LogP contribution in [0.2, 0.25) is 0 Å². The molecule has 6 nitrogen and oxygen atoms in total. The number of nitrogens with zero attached hydrogens (tertiary/aromatic N) is 3. The molecule has 0 aromatic carbocycles. The molecule has 3 heterocycles. The fourth-order valence-electron chi connectivity index (χ4n) is 3.11. The number of methoxy groups -OCH3 is 1. The van der Waals surface area contributed by atoms with Gasteiger partial charge in [-0.1, -0.05) is 6.92 Å². The predicted octanol–water partition coefficient (Wildman–Crippen LogP) is 1.96. The molecule has 1 aliphatic carbocycles. The molecule has 2 aromatic rings. The molecule has 4 rings (SSSR count). The van der Waals surface area contributed by atoms with Crippen LogP contribution in [0.5, 0.6) is 5.88 Å². The lowest BCUT2D eigenvalue weighted by molar-refractivity contribution is 0.397. The summed E-state index contributed by atoms with van der Waals surface area (Å²) in [6, 6.07) is 0. The summed E-state index contributed by atoms with van der Waals surface area (Å²) in [6.07, 6.45) is 3.97. The van der Waals surface area contributed by atoms with E-state index < -0.39 is 0 Å². The van der Waals surface area contributed by atoms with E-state index in [-0.39, 0.29) is 0 Å². The van der Waals surface area contributed by atoms with Gasteiger partial charge in [0.15, 0.2) is 0 Å². The van der Waals surface area contributed by atoms with Gasteiger partial charge in [-0.3, -0.25) is 5.10 Å². The van der Waals surface area contributed by atoms with Gasteiger partial charge in [0.05, 0.1) is 18.4 Å². The van der Waals surface area contributed by atoms with E-state index in [2.05, 4.69) is 32.4 Å². The molecule has 0 amide bonds. The summed E-state index contributed by atoms with van der Waals surface area (Å²) in [4.78, 5) is 8.79. The van der Waals surface area contributed by atoms with Gasteiger partial charge in [0.2, 0.25) is 5.88 Å². The number of ether oxygens (including phenoxy) is 1. The first-order chi connectivity index (χ1) is 10.3. The molecule has 21 heavy (non-hydrogen) atoms. The summed E-state index contributed by atoms with van der Waals surface area (Å²) in [5.41, 5.74) is 5.44. The number of rotatable bonds is 3. The smallest absolute Gasteiger partial charge is 0.226 e. The standard InChI is InChI=1S/C15H19N5O/c1-8-5-16-6-10-12(8)19-20-14(10)11-13(9-3-4-9)17-7-18-15(11)21-2/h7-9,16H,3-6H2,1-2H3,(H,19,20). The van der Waals surface area contributed by atoms with Crippen LogP contribution in [-0.2, 0) is 6.54 Å². The lowest BCUT2D eigenvalue weighted by Gasteiger charge is -2.20. The molecule has 1 saturated carbocycles. The Morgan fingerprint density at radius 3 is 2.90 bits per heavy atom. The SMILES string of the molecule is COc1ncnc(C2CC2)c1-c1n[nH]c2c1CNCC2C. The molecule has 0 bridgehead atoms. The van der Waals surface area contributed by atoms with Gasteiger partial charge in [0.1, 0.15) is 12.0 Å². The van der Waals surface area contributed by atoms with Gasteiger partial charge in [0, 0.05) is 36.2 Å². The Bertz CT molecular complexity index is 677. The van der Waals surface area contributed by atoms with Crippen molar-refractivity contribution in [3.8, 4) is 17.1 Å². The van der Waals surface area contributed by atoms with E-state index in [4.69, 9.17) is 4.74 Å². The first-order valence-electron chi connectivity index (χ1n) is 7.46. The van der Waals surface area contributed by atoms with Crippen molar-refractivity contribution in [3.63, 3.8) is 0 Å². The van der Waals surface area contributed by atoms with Crippen molar-refractivity contribution in [3.05, 3.63) is 23.3 Å². The van der Waals surface area contributed by atoms with Crippen molar-refractivity contribution < 1.29 is 4.74 Å². The molecule has 1 unspecified atom stereocenters. The van der Waals surface area contributed by atoms with E-state index in [1.165, 1.54) is 24.1 Å². The average Bonchev–Trinajstić information content (AvgIpc) is 3.26. The number of nitrogens with one attached hydrogen (secondary N) is 2. The molecule has 2 N–H and O–H groups in total. The van der Waals surface area contributed by atoms with Crippen molar-refractivity contribution in [2.45, 2.75) is 38.1 Å². The molecule has 1 fully saturated rings. The second kappa shape index (κ2) is 4.80. The predicted molar refractivity (Wildman–Crippen MR) is 78.3 cm³/mol. The van der Waals surface area contributed by atoms with Crippen LogP contribution in [-0.4, -0.2) is 33.8 Å². The summed E-state index contributed by atoms with van der Waals surface area (Å²) in [6.45, 7) is 4.01. The minimum atomic E-state index is 0.440. The number of fused-ring (bicyclic) bond motifs is 1. The van der Waals surface area contributed by atoms with Gasteiger partial charge in [0.25, 0.3) is 0 Å². The molecule has 2 aliphatic rings. The minimum absolute atomic E-state index is 0.440. The highest BCUT2D eigenvalue weighted by Crippen LogP contribution is 2.46. The van der Waals surface area contributed by atoms with Gasteiger partial charge in [-0.15, -0.1) is 0 Å². The number of hydrogen-bond donors (Lipinski definition) is 2. The van der Waals surface area contributed by atoms with Crippen LogP contribution in [0.25, 0.3) is 11.3 Å². The Morgan fingerprint density at radius 2 is 2.14 bits per heavy atom. The molecule has 0 saturated heterocycles. The summed E-state index contributed by atoms with van der Waals surface area (Å²) in [5, 5.41) is 11.2. The number of aromatic nitrogens is 4. The van der Waals surface area contributed by atoms with Crippen molar-refractivity contribution >= 4 is 0 Å². The lowest BCUT2D eigenvalue weighted by Crippen LogP contribution is -2.26. The second-order valence-electron chi connectivity index (χ2n) is 5.91. The molecule has 2 aromatic heterocycles. The van der Waals surface area contributed by atoms with Gasteiger partial charge in [-0.2, -0.15) is 5.10 Å². The third kappa shape index (κ3) is 2.01. The maximum absolute atomic E-state index is 5.48. The van der Waals surface area contributed by atoms with Gasteiger partial charge in [-0.25, -0.2) is 9.97 Å². The topological polar surface area (TPSA) is 75.7 Å². The van der Waals surface area contributed by atoms with Crippen LogP contribution in [0.1, 0.15) is 48.6 Å². The van der Waals surface area contributed by atoms with Crippen LogP contribution >= 0.6 is 0 Å². The Labute approximate surface area is 123 Å². The number of aromatic amines is 1. The molecule has 0 radical (unpaired) electrons. The second-order valence-corrected chi connectivity index (χ2v) is 5.91. The molecule has 0 spiro atoms. The van der Waals surface area contributed by atoms with Crippen molar-refractivity contribution in [1.82, 2.24) is 25.5 Å². The van der Waals surface area contributed by atoms with Gasteiger partial charge < -0.3 is 10.1 Å². The van der Waals surface area contributed by atoms with E-state index in [0.29, 0.717) is 17.7 Å². The normalized spacial score (nSPS) is 21.1. The Morgan fingerprint density at radius 1 is 1.29 bits per heavy atom. The molecule has 1 aliphatic heterocycles. The Kier molecular flexibility index (Phi) is 2.92. The average molecular weight is 285 g/mol. The zero-order valence-electron chi connectivity index (χ0n) is 12.3. The highest BCUT2D eigenvalue weighted by atomic mass is 16.5. The summed E-state index contributed by atoms with van der Waals surface area (Å²) < 4.78 is 5.48. The van der Waals surface area contributed by atoms with Crippen molar-refractivity contribution in [1.29, 1.82) is 0 Å². The third-order valence-electron chi connectivity index (χ3n) is 4.38. The van der Waals surface area contributed by atoms with Gasteiger partial charge >= 0.3 is 0 Å². The first-order valence-corrected chi connectivity index (χ1v) is 7.46. The van der Waals surface area contributed by atoms with E-state index in [0.717, 1.165) is 30.0 Å². The van der Waals surface area contributed by atoms with Crippen LogP contribution in [0.3, 0.4) is 0 Å². The highest BCUT2D eigenvalue weighted by Gasteiger charge is 2.33. The molecule has 110 valence electrons. The maximum Gasteiger partial charge on any atom is 0.226 e. The zero-order chi connectivity index (χ0) is 14.4. The number of H-pyrrole nitrogens is 1. The van der Waals surface area contributed by atoms with Crippen LogP contribution < -0.4 is 10.1 Å². The number of hydrogen-bond acceptors (Lipinski definition) is 5. The van der Waals surface area contributed by atoms with Crippen molar-refractivity contribution in [2.75, 3.05) is 13.7 Å².